The Kier molecular flexibility index (Phi) is 6.06. The van der Waals surface area contributed by atoms with Gasteiger partial charge in [0.25, 0.3) is 0 Å². The molecule has 6 aromatic carbocycles. The van der Waals surface area contributed by atoms with Gasteiger partial charge in [0.05, 0.1) is 9.40 Å². The highest BCUT2D eigenvalue weighted by atomic mass is 32.1. The monoisotopic (exact) mass is 656 g/mol. The van der Waals surface area contributed by atoms with E-state index in [4.69, 9.17) is 0 Å². The largest absolute Gasteiger partial charge is 0.143 e. The molecule has 0 nitrogen and oxygen atoms in total. The van der Waals surface area contributed by atoms with Crippen LogP contribution in [-0.2, 0) is 0 Å². The van der Waals surface area contributed by atoms with Gasteiger partial charge in [-0.25, -0.2) is 0 Å². The van der Waals surface area contributed by atoms with E-state index in [0.717, 1.165) is 0 Å². The first-order chi connectivity index (χ1) is 22.8. The van der Waals surface area contributed by atoms with Gasteiger partial charge in [0.15, 0.2) is 0 Å². The molecule has 0 atom stereocenters. The van der Waals surface area contributed by atoms with Crippen molar-refractivity contribution in [1.29, 1.82) is 0 Å². The smallest absolute Gasteiger partial charge is 0.0542 e. The molecule has 0 radical (unpaired) electrons. The average Bonchev–Trinajstić information content (AvgIpc) is 3.90. The van der Waals surface area contributed by atoms with E-state index in [1.54, 1.807) is 0 Å². The summed E-state index contributed by atoms with van der Waals surface area (Å²) < 4.78 is 5.52. The molecule has 46 heavy (non-hydrogen) atoms. The van der Waals surface area contributed by atoms with Crippen molar-refractivity contribution in [2.45, 2.75) is 0 Å². The molecule has 4 aromatic heterocycles. The van der Waals surface area contributed by atoms with Gasteiger partial charge >= 0.3 is 0 Å². The predicted molar refractivity (Wildman–Crippen MR) is 207 cm³/mol. The van der Waals surface area contributed by atoms with Gasteiger partial charge in [-0.1, -0.05) is 121 Å². The number of fused-ring (bicyclic) bond motifs is 7. The van der Waals surface area contributed by atoms with E-state index in [9.17, 15) is 0 Å². The fourth-order valence-corrected chi connectivity index (χ4v) is 11.5. The summed E-state index contributed by atoms with van der Waals surface area (Å²) >= 11 is 7.50. The van der Waals surface area contributed by atoms with E-state index in [-0.39, 0.29) is 0 Å². The predicted octanol–water partition coefficient (Wildman–Crippen LogP) is 14.4. The lowest BCUT2D eigenvalue weighted by atomic mass is 10.0. The van der Waals surface area contributed by atoms with Crippen molar-refractivity contribution in [3.8, 4) is 43.1 Å². The molecule has 0 bridgehead atoms. The minimum absolute atomic E-state index is 1.26. The molecule has 0 saturated heterocycles. The number of rotatable bonds is 4. The minimum atomic E-state index is 1.26. The van der Waals surface area contributed by atoms with Crippen LogP contribution in [0.15, 0.2) is 144 Å². The first-order valence-corrected chi connectivity index (χ1v) is 18.7. The highest BCUT2D eigenvalue weighted by Gasteiger charge is 2.15. The van der Waals surface area contributed by atoms with E-state index < -0.39 is 0 Å². The third kappa shape index (κ3) is 4.22. The summed E-state index contributed by atoms with van der Waals surface area (Å²) in [5.74, 6) is 0. The van der Waals surface area contributed by atoms with Gasteiger partial charge in [-0.15, -0.1) is 45.3 Å². The maximum absolute atomic E-state index is 2.38. The quantitative estimate of drug-likeness (QED) is 0.177. The van der Waals surface area contributed by atoms with E-state index in [1.807, 2.05) is 45.3 Å². The molecule has 0 fully saturated rings. The van der Waals surface area contributed by atoms with E-state index in [0.29, 0.717) is 0 Å². The molecular formula is C42H24S4. The van der Waals surface area contributed by atoms with Crippen LogP contribution in [0.4, 0.5) is 0 Å². The van der Waals surface area contributed by atoms with Gasteiger partial charge in [-0.05, 0) is 67.0 Å². The highest BCUT2D eigenvalue weighted by molar-refractivity contribution is 7.36. The Labute approximate surface area is 282 Å². The zero-order valence-corrected chi connectivity index (χ0v) is 27.8. The van der Waals surface area contributed by atoms with Gasteiger partial charge in [0.1, 0.15) is 0 Å². The summed E-state index contributed by atoms with van der Waals surface area (Å²) in [6.45, 7) is 0. The summed E-state index contributed by atoms with van der Waals surface area (Å²) in [5.41, 5.74) is 7.63. The lowest BCUT2D eigenvalue weighted by Crippen LogP contribution is -1.79. The Bertz CT molecular complexity index is 2540. The lowest BCUT2D eigenvalue weighted by Gasteiger charge is -2.05. The second kappa shape index (κ2) is 10.5. The van der Waals surface area contributed by atoms with Crippen LogP contribution in [-0.4, -0.2) is 0 Å². The molecule has 216 valence electrons. The SMILES string of the molecule is c1ccc2c(-c3ccc(-c4ccc5c(c4)sc4c6ccc(-c7ccc(-c8scc9ccccc89)cc7)cc6sc54)cc3)scc2c1. The molecule has 10 rings (SSSR count). The van der Waals surface area contributed by atoms with Crippen LogP contribution in [0.1, 0.15) is 0 Å². The summed E-state index contributed by atoms with van der Waals surface area (Å²) in [5, 5.41) is 12.5. The normalized spacial score (nSPS) is 11.9. The van der Waals surface area contributed by atoms with Gasteiger partial charge in [-0.2, -0.15) is 0 Å². The molecule has 10 aromatic rings. The van der Waals surface area contributed by atoms with Crippen LogP contribution >= 0.6 is 45.3 Å². The van der Waals surface area contributed by atoms with Crippen LogP contribution in [0, 0.1) is 0 Å². The van der Waals surface area contributed by atoms with Crippen LogP contribution < -0.4 is 0 Å². The van der Waals surface area contributed by atoms with Crippen LogP contribution in [0.3, 0.4) is 0 Å². The summed E-state index contributed by atoms with van der Waals surface area (Å²) in [6, 6.07) is 49.5. The maximum Gasteiger partial charge on any atom is 0.0542 e. The van der Waals surface area contributed by atoms with Crippen molar-refractivity contribution in [3.05, 3.63) is 144 Å². The van der Waals surface area contributed by atoms with E-state index in [2.05, 4.69) is 144 Å². The minimum Gasteiger partial charge on any atom is -0.143 e. The van der Waals surface area contributed by atoms with E-state index >= 15 is 0 Å². The molecule has 0 amide bonds. The summed E-state index contributed by atoms with van der Waals surface area (Å²) in [4.78, 5) is 2.69. The fraction of sp³-hybridized carbons (Fsp3) is 0. The second-order valence-corrected chi connectivity index (χ2v) is 15.6. The van der Waals surface area contributed by atoms with Gasteiger partial charge in [0.2, 0.25) is 0 Å². The van der Waals surface area contributed by atoms with Gasteiger partial charge < -0.3 is 0 Å². The molecule has 0 saturated carbocycles. The maximum atomic E-state index is 2.38. The summed E-state index contributed by atoms with van der Waals surface area (Å²) in [6.07, 6.45) is 0. The lowest BCUT2D eigenvalue weighted by molar-refractivity contribution is 1.66. The van der Waals surface area contributed by atoms with Crippen LogP contribution in [0.2, 0.25) is 0 Å². The van der Waals surface area contributed by atoms with Gasteiger partial charge in [-0.3, -0.25) is 0 Å². The van der Waals surface area contributed by atoms with Crippen molar-refractivity contribution in [3.63, 3.8) is 0 Å². The van der Waals surface area contributed by atoms with E-state index in [1.165, 1.54) is 94.3 Å². The second-order valence-electron chi connectivity index (χ2n) is 11.7. The fourth-order valence-electron chi connectivity index (χ4n) is 6.68. The molecule has 0 unspecified atom stereocenters. The van der Waals surface area contributed by atoms with Crippen LogP contribution in [0.25, 0.3) is 94.3 Å². The first-order valence-electron chi connectivity index (χ1n) is 15.3. The van der Waals surface area contributed by atoms with Gasteiger partial charge in [0, 0.05) is 40.7 Å². The number of hydrogen-bond acceptors (Lipinski definition) is 4. The molecule has 0 spiro atoms. The van der Waals surface area contributed by atoms with Crippen molar-refractivity contribution < 1.29 is 0 Å². The molecule has 4 heterocycles. The zero-order chi connectivity index (χ0) is 30.2. The topological polar surface area (TPSA) is 0 Å². The number of benzene rings is 6. The van der Waals surface area contributed by atoms with Crippen molar-refractivity contribution in [2.75, 3.05) is 0 Å². The van der Waals surface area contributed by atoms with Crippen molar-refractivity contribution >= 4 is 96.5 Å². The van der Waals surface area contributed by atoms with Crippen molar-refractivity contribution in [2.24, 2.45) is 0 Å². The highest BCUT2D eigenvalue weighted by Crippen LogP contribution is 2.46. The Hall–Kier alpha value is -4.58. The van der Waals surface area contributed by atoms with Crippen molar-refractivity contribution in [1.82, 2.24) is 0 Å². The number of hydrogen-bond donors (Lipinski definition) is 0. The molecule has 0 aliphatic heterocycles. The Balaban J connectivity index is 0.962. The third-order valence-corrected chi connectivity index (χ3v) is 13.7. The molecular weight excluding hydrogens is 633 g/mol. The Morgan fingerprint density at radius 1 is 0.326 bits per heavy atom. The molecule has 0 aliphatic carbocycles. The zero-order valence-electron chi connectivity index (χ0n) is 24.5. The Morgan fingerprint density at radius 2 is 0.717 bits per heavy atom. The Morgan fingerprint density at radius 3 is 1.17 bits per heavy atom. The first kappa shape index (κ1) is 26.6. The molecule has 0 N–H and O–H groups in total. The summed E-state index contributed by atoms with van der Waals surface area (Å²) in [7, 11) is 0. The molecule has 0 aliphatic rings. The van der Waals surface area contributed by atoms with Crippen LogP contribution in [0.5, 0.6) is 0 Å². The average molecular weight is 657 g/mol. The number of thiophene rings is 4. The standard InChI is InChI=1S/C42H24S4/c1-3-7-33-31(5-1)23-43-39(33)27-13-9-25(10-14-27)29-17-19-35-37(21-29)45-42-36-20-18-30(22-38(36)46-41(35)42)26-11-15-28(16-12-26)40-34-8-4-2-6-32(34)24-44-40/h1-24H. The third-order valence-electron chi connectivity index (χ3n) is 9.06. The molecule has 4 heteroatoms.